The molecule has 0 bridgehead atoms. The van der Waals surface area contributed by atoms with Crippen LogP contribution in [0.15, 0.2) is 77.2 Å². The van der Waals surface area contributed by atoms with Gasteiger partial charge in [0, 0.05) is 36.8 Å². The topological polar surface area (TPSA) is 226 Å². The van der Waals surface area contributed by atoms with Gasteiger partial charge in [-0.25, -0.2) is 9.98 Å². The molecule has 1 fully saturated rings. The number of unbranched alkanes of at least 4 members (excludes halogenated alkanes) is 2. The summed E-state index contributed by atoms with van der Waals surface area (Å²) in [5.74, 6) is -0.647. The molecule has 1 unspecified atom stereocenters. The summed E-state index contributed by atoms with van der Waals surface area (Å²) in [5.41, 5.74) is 17.5. The number of aliphatic hydroxyl groups is 1. The molecule has 15 nitrogen and oxygen atoms in total. The van der Waals surface area contributed by atoms with Gasteiger partial charge in [-0.15, -0.1) is 11.3 Å². The van der Waals surface area contributed by atoms with E-state index in [-0.39, 0.29) is 55.0 Å². The van der Waals surface area contributed by atoms with Crippen LogP contribution >= 0.6 is 11.3 Å². The van der Waals surface area contributed by atoms with E-state index in [1.807, 2.05) is 69.6 Å². The third-order valence-corrected chi connectivity index (χ3v) is 12.1. The summed E-state index contributed by atoms with van der Waals surface area (Å²) in [4.78, 5) is 64.4. The van der Waals surface area contributed by atoms with Gasteiger partial charge in [-0.3, -0.25) is 19.2 Å². The van der Waals surface area contributed by atoms with Crippen molar-refractivity contribution in [2.45, 2.75) is 110 Å². The second kappa shape index (κ2) is 22.5. The Labute approximate surface area is 374 Å². The molecule has 1 aromatic heterocycles. The molecule has 0 spiro atoms. The van der Waals surface area contributed by atoms with Crippen LogP contribution < -0.4 is 37.5 Å². The van der Waals surface area contributed by atoms with Crippen LogP contribution in [-0.2, 0) is 27.3 Å². The molecule has 4 atom stereocenters. The number of aromatic nitrogens is 1. The van der Waals surface area contributed by atoms with Crippen molar-refractivity contribution in [3.05, 3.63) is 94.6 Å². The Morgan fingerprint density at radius 1 is 1.00 bits per heavy atom. The van der Waals surface area contributed by atoms with Crippen LogP contribution in [0.25, 0.3) is 10.4 Å². The van der Waals surface area contributed by atoms with Crippen molar-refractivity contribution in [3.63, 3.8) is 0 Å². The SMILES string of the molecule is CCC(CCCCCN[C@H](C(=O)N1C[C@H](O)C[C@H]1C(=O)NCc1ccc(-c2scnc2C)cc1)C(C)(C)C)NC(=O)Cc1ccc(NC(=O)c2ccc(N=C(N)N)c(OC)c2)cc1. The highest BCUT2D eigenvalue weighted by Gasteiger charge is 2.43. The maximum atomic E-state index is 14.1. The van der Waals surface area contributed by atoms with Crippen LogP contribution in [0.4, 0.5) is 11.4 Å². The number of carbonyl (C=O) groups excluding carboxylic acids is 4. The zero-order valence-electron chi connectivity index (χ0n) is 37.2. The molecule has 63 heavy (non-hydrogen) atoms. The number of guanidine groups is 1. The Kier molecular flexibility index (Phi) is 17.2. The van der Waals surface area contributed by atoms with Gasteiger partial charge < -0.3 is 47.5 Å². The fourth-order valence-electron chi connectivity index (χ4n) is 7.64. The third kappa shape index (κ3) is 13.8. The van der Waals surface area contributed by atoms with E-state index in [1.54, 1.807) is 41.7 Å². The number of anilines is 1. The number of aliphatic hydroxyl groups excluding tert-OH is 1. The van der Waals surface area contributed by atoms with Crippen LogP contribution in [0.3, 0.4) is 0 Å². The highest BCUT2D eigenvalue weighted by atomic mass is 32.1. The number of nitrogens with two attached hydrogens (primary N) is 2. The third-order valence-electron chi connectivity index (χ3n) is 11.1. The lowest BCUT2D eigenvalue weighted by atomic mass is 9.85. The summed E-state index contributed by atoms with van der Waals surface area (Å²) in [6.07, 6.45) is 3.88. The van der Waals surface area contributed by atoms with Crippen molar-refractivity contribution in [1.82, 2.24) is 25.8 Å². The maximum Gasteiger partial charge on any atom is 0.255 e. The molecule has 16 heteroatoms. The van der Waals surface area contributed by atoms with Gasteiger partial charge in [-0.1, -0.05) is 76.9 Å². The summed E-state index contributed by atoms with van der Waals surface area (Å²) in [5, 5.41) is 23.1. The smallest absolute Gasteiger partial charge is 0.255 e. The second-order valence-electron chi connectivity index (χ2n) is 17.1. The number of likely N-dealkylation sites (tertiary alicyclic amines) is 1. The molecule has 2 heterocycles. The molecule has 1 aliphatic heterocycles. The fraction of sp³-hybridized carbons (Fsp3) is 0.447. The summed E-state index contributed by atoms with van der Waals surface area (Å²) < 4.78 is 5.32. The molecule has 0 saturated carbocycles. The number of nitrogens with zero attached hydrogens (tertiary/aromatic N) is 3. The number of carbonyl (C=O) groups is 4. The van der Waals surface area contributed by atoms with Crippen molar-refractivity contribution in [2.75, 3.05) is 25.5 Å². The van der Waals surface area contributed by atoms with E-state index in [4.69, 9.17) is 16.2 Å². The lowest BCUT2D eigenvalue weighted by molar-refractivity contribution is -0.142. The van der Waals surface area contributed by atoms with Gasteiger partial charge in [-0.05, 0) is 85.2 Å². The van der Waals surface area contributed by atoms with Gasteiger partial charge in [0.05, 0.1) is 41.8 Å². The van der Waals surface area contributed by atoms with E-state index in [0.717, 1.165) is 59.4 Å². The minimum absolute atomic E-state index is 0.0281. The minimum Gasteiger partial charge on any atom is -0.494 e. The predicted octanol–water partition coefficient (Wildman–Crippen LogP) is 5.56. The molecule has 338 valence electrons. The predicted molar refractivity (Wildman–Crippen MR) is 249 cm³/mol. The number of amides is 4. The number of benzene rings is 3. The van der Waals surface area contributed by atoms with Gasteiger partial charge in [0.2, 0.25) is 17.7 Å². The van der Waals surface area contributed by atoms with E-state index >= 15 is 0 Å². The fourth-order valence-corrected chi connectivity index (χ4v) is 8.45. The van der Waals surface area contributed by atoms with Crippen LogP contribution in [0, 0.1) is 12.3 Å². The molecule has 4 aromatic rings. The summed E-state index contributed by atoms with van der Waals surface area (Å²) in [7, 11) is 1.46. The van der Waals surface area contributed by atoms with Crippen molar-refractivity contribution >= 4 is 52.3 Å². The number of β-amino-alcohol motifs (C(OH)–C–C–N with tert-alkyl or cyclic N) is 1. The Bertz CT molecular complexity index is 2200. The monoisotopic (exact) mass is 881 g/mol. The van der Waals surface area contributed by atoms with Crippen molar-refractivity contribution in [2.24, 2.45) is 21.9 Å². The summed E-state index contributed by atoms with van der Waals surface area (Å²) in [6.45, 7) is 11.1. The minimum atomic E-state index is -0.778. The normalized spacial score (nSPS) is 15.9. The number of aryl methyl sites for hydroxylation is 1. The average molecular weight is 882 g/mol. The van der Waals surface area contributed by atoms with Gasteiger partial charge >= 0.3 is 0 Å². The van der Waals surface area contributed by atoms with E-state index < -0.39 is 23.6 Å². The van der Waals surface area contributed by atoms with Gasteiger partial charge in [0.25, 0.3) is 5.91 Å². The van der Waals surface area contributed by atoms with E-state index in [9.17, 15) is 24.3 Å². The molecule has 5 rings (SSSR count). The van der Waals surface area contributed by atoms with Crippen LogP contribution in [-0.4, -0.2) is 89.0 Å². The largest absolute Gasteiger partial charge is 0.494 e. The zero-order valence-corrected chi connectivity index (χ0v) is 38.0. The number of aliphatic imine (C=N–C) groups is 1. The lowest BCUT2D eigenvalue weighted by Gasteiger charge is -2.35. The van der Waals surface area contributed by atoms with Crippen molar-refractivity contribution in [3.8, 4) is 16.2 Å². The number of methoxy groups -OCH3 is 1. The van der Waals surface area contributed by atoms with Crippen LogP contribution in [0.1, 0.15) is 93.4 Å². The number of hydrogen-bond acceptors (Lipinski definition) is 10. The first-order chi connectivity index (χ1) is 30.1. The molecule has 9 N–H and O–H groups in total. The number of ether oxygens (including phenoxy) is 1. The Balaban J connectivity index is 1.03. The molecule has 3 aromatic carbocycles. The Hall–Kier alpha value is -5.84. The first kappa shape index (κ1) is 48.2. The molecule has 0 aliphatic carbocycles. The zero-order chi connectivity index (χ0) is 45.7. The van der Waals surface area contributed by atoms with E-state index in [0.29, 0.717) is 35.8 Å². The standard InChI is InChI=1S/C47H63N9O6S/c1-7-34(53-40(58)23-30-14-19-35(20-15-30)54-43(59)33-18-21-37(55-46(48)49)39(24-33)62-6)11-9-8-10-22-50-42(47(3,4)5)45(61)56-27-36(57)25-38(56)44(60)51-26-31-12-16-32(17-13-31)41-29(2)52-28-63-41/h12-21,24,28,34,36,38,42,50,57H,7-11,22-23,25-27H2,1-6H3,(H,51,60)(H,53,58)(H,54,59)(H4,48,49,55)/t34?,36-,38+,42-/m1/s1. The van der Waals surface area contributed by atoms with Crippen molar-refractivity contribution in [1.29, 1.82) is 0 Å². The number of thiazole rings is 1. The van der Waals surface area contributed by atoms with Gasteiger partial charge in [0.1, 0.15) is 17.5 Å². The highest BCUT2D eigenvalue weighted by molar-refractivity contribution is 7.13. The van der Waals surface area contributed by atoms with Crippen molar-refractivity contribution < 1.29 is 29.0 Å². The number of rotatable bonds is 20. The lowest BCUT2D eigenvalue weighted by Crippen LogP contribution is -2.56. The molecule has 0 radical (unpaired) electrons. The van der Waals surface area contributed by atoms with Gasteiger partial charge in [-0.2, -0.15) is 0 Å². The summed E-state index contributed by atoms with van der Waals surface area (Å²) in [6, 6.07) is 18.6. The number of hydrogen-bond donors (Lipinski definition) is 7. The van der Waals surface area contributed by atoms with Gasteiger partial charge in [0.15, 0.2) is 5.96 Å². The van der Waals surface area contributed by atoms with E-state index in [1.165, 1.54) is 12.0 Å². The molecular formula is C47H63N9O6S. The Morgan fingerprint density at radius 3 is 2.35 bits per heavy atom. The summed E-state index contributed by atoms with van der Waals surface area (Å²) >= 11 is 1.59. The maximum absolute atomic E-state index is 14.1. The number of nitrogens with one attached hydrogen (secondary N) is 4. The second-order valence-corrected chi connectivity index (χ2v) is 18.0. The molecule has 4 amide bonds. The molecule has 1 saturated heterocycles. The first-order valence-electron chi connectivity index (χ1n) is 21.5. The van der Waals surface area contributed by atoms with E-state index in [2.05, 4.69) is 38.2 Å². The highest BCUT2D eigenvalue weighted by Crippen LogP contribution is 2.30. The molecular weight excluding hydrogens is 819 g/mol. The Morgan fingerprint density at radius 2 is 1.71 bits per heavy atom. The molecule has 1 aliphatic rings. The first-order valence-corrected chi connectivity index (χ1v) is 22.4. The van der Waals surface area contributed by atoms with Crippen LogP contribution in [0.2, 0.25) is 0 Å². The quantitative estimate of drug-likeness (QED) is 0.0332. The average Bonchev–Trinajstić information content (AvgIpc) is 3.87. The van der Waals surface area contributed by atoms with Crippen LogP contribution in [0.5, 0.6) is 5.75 Å².